The summed E-state index contributed by atoms with van der Waals surface area (Å²) in [6.07, 6.45) is 3.72. The Labute approximate surface area is 165 Å². The molecule has 0 radical (unpaired) electrons. The Morgan fingerprint density at radius 1 is 1.19 bits per heavy atom. The standard InChI is InChI=1S/C17H17Cl2N3O5/c18-10-4-5-12(19)11(8-10)14(24)27-9-13(23)21-22-15(25)17(20-16(22)26)6-2-1-3-7-17/h4-5,8H,1-3,6-7,9H2,(H,20,26)(H,21,23). The Morgan fingerprint density at radius 2 is 1.89 bits per heavy atom. The molecule has 0 unspecified atom stereocenters. The Balaban J connectivity index is 1.58. The third-order valence-electron chi connectivity index (χ3n) is 4.59. The van der Waals surface area contributed by atoms with Crippen LogP contribution in [0.15, 0.2) is 18.2 Å². The summed E-state index contributed by atoms with van der Waals surface area (Å²) in [4.78, 5) is 48.7. The Kier molecular flexibility index (Phi) is 5.57. The van der Waals surface area contributed by atoms with Gasteiger partial charge in [0.2, 0.25) is 0 Å². The number of urea groups is 1. The van der Waals surface area contributed by atoms with Gasteiger partial charge in [-0.1, -0.05) is 42.5 Å². The van der Waals surface area contributed by atoms with Crippen LogP contribution < -0.4 is 10.7 Å². The number of benzene rings is 1. The molecule has 4 amide bonds. The molecule has 8 nitrogen and oxygen atoms in total. The third-order valence-corrected chi connectivity index (χ3v) is 5.15. The molecule has 1 aliphatic heterocycles. The second-order valence-corrected chi connectivity index (χ2v) is 7.29. The lowest BCUT2D eigenvalue weighted by Crippen LogP contribution is -2.51. The van der Waals surface area contributed by atoms with Crippen molar-refractivity contribution in [2.75, 3.05) is 6.61 Å². The van der Waals surface area contributed by atoms with E-state index in [1.807, 2.05) is 0 Å². The molecular formula is C17H17Cl2N3O5. The molecule has 0 bridgehead atoms. The van der Waals surface area contributed by atoms with Gasteiger partial charge >= 0.3 is 12.0 Å². The monoisotopic (exact) mass is 413 g/mol. The zero-order chi connectivity index (χ0) is 19.6. The lowest BCUT2D eigenvalue weighted by molar-refractivity contribution is -0.140. The summed E-state index contributed by atoms with van der Waals surface area (Å²) in [5, 5.41) is 3.72. The van der Waals surface area contributed by atoms with Gasteiger partial charge in [-0.15, -0.1) is 0 Å². The van der Waals surface area contributed by atoms with E-state index in [0.29, 0.717) is 17.9 Å². The molecule has 2 fully saturated rings. The minimum atomic E-state index is -0.951. The number of hydrazine groups is 1. The van der Waals surface area contributed by atoms with Gasteiger partial charge in [0, 0.05) is 5.02 Å². The lowest BCUT2D eigenvalue weighted by atomic mass is 9.82. The maximum absolute atomic E-state index is 12.6. The molecular weight excluding hydrogens is 397 g/mol. The van der Waals surface area contributed by atoms with Gasteiger partial charge < -0.3 is 10.1 Å². The van der Waals surface area contributed by atoms with E-state index < -0.39 is 36.0 Å². The van der Waals surface area contributed by atoms with E-state index >= 15 is 0 Å². The molecule has 1 saturated carbocycles. The van der Waals surface area contributed by atoms with E-state index in [9.17, 15) is 19.2 Å². The van der Waals surface area contributed by atoms with Crippen LogP contribution in [0.2, 0.25) is 10.0 Å². The maximum atomic E-state index is 12.6. The van der Waals surface area contributed by atoms with Gasteiger partial charge in [-0.25, -0.2) is 9.59 Å². The van der Waals surface area contributed by atoms with Gasteiger partial charge in [0.15, 0.2) is 6.61 Å². The van der Waals surface area contributed by atoms with E-state index in [4.69, 9.17) is 27.9 Å². The van der Waals surface area contributed by atoms with Crippen molar-refractivity contribution in [1.29, 1.82) is 0 Å². The van der Waals surface area contributed by atoms with Crippen molar-refractivity contribution in [2.24, 2.45) is 0 Å². The predicted octanol–water partition coefficient (Wildman–Crippen LogP) is 2.44. The Bertz CT molecular complexity index is 808. The highest BCUT2D eigenvalue weighted by Crippen LogP contribution is 2.33. The van der Waals surface area contributed by atoms with Crippen LogP contribution in [0.25, 0.3) is 0 Å². The minimum Gasteiger partial charge on any atom is -0.452 e. The van der Waals surface area contributed by atoms with Crippen molar-refractivity contribution < 1.29 is 23.9 Å². The van der Waals surface area contributed by atoms with Crippen LogP contribution in [0.3, 0.4) is 0 Å². The van der Waals surface area contributed by atoms with Crippen LogP contribution in [-0.4, -0.2) is 41.0 Å². The van der Waals surface area contributed by atoms with Crippen molar-refractivity contribution in [3.8, 4) is 0 Å². The first-order chi connectivity index (χ1) is 12.8. The SMILES string of the molecule is O=C(COC(=O)c1cc(Cl)ccc1Cl)NN1C(=O)NC2(CCCCC2)C1=O. The molecule has 2 aliphatic rings. The molecule has 0 aromatic heterocycles. The van der Waals surface area contributed by atoms with Crippen LogP contribution in [0, 0.1) is 0 Å². The number of halogens is 2. The number of carbonyl (C=O) groups is 4. The number of imide groups is 1. The van der Waals surface area contributed by atoms with Gasteiger partial charge in [-0.2, -0.15) is 5.01 Å². The average molecular weight is 414 g/mol. The van der Waals surface area contributed by atoms with Crippen LogP contribution in [-0.2, 0) is 14.3 Å². The molecule has 1 aromatic carbocycles. The summed E-state index contributed by atoms with van der Waals surface area (Å²) in [5.74, 6) is -2.17. The van der Waals surface area contributed by atoms with Crippen molar-refractivity contribution >= 4 is 47.0 Å². The van der Waals surface area contributed by atoms with Crippen molar-refractivity contribution in [3.63, 3.8) is 0 Å². The van der Waals surface area contributed by atoms with Crippen LogP contribution >= 0.6 is 23.2 Å². The summed E-state index contributed by atoms with van der Waals surface area (Å²) >= 11 is 11.7. The minimum absolute atomic E-state index is 0.00752. The van der Waals surface area contributed by atoms with E-state index in [-0.39, 0.29) is 15.6 Å². The number of rotatable bonds is 4. The number of esters is 1. The summed E-state index contributed by atoms with van der Waals surface area (Å²) < 4.78 is 4.88. The number of carbonyl (C=O) groups excluding carboxylic acids is 4. The summed E-state index contributed by atoms with van der Waals surface area (Å²) in [7, 11) is 0. The second-order valence-electron chi connectivity index (χ2n) is 6.45. The summed E-state index contributed by atoms with van der Waals surface area (Å²) in [6.45, 7) is -0.689. The lowest BCUT2D eigenvalue weighted by Gasteiger charge is -2.30. The maximum Gasteiger partial charge on any atom is 0.344 e. The smallest absolute Gasteiger partial charge is 0.344 e. The van der Waals surface area contributed by atoms with E-state index in [1.54, 1.807) is 0 Å². The highest BCUT2D eigenvalue weighted by molar-refractivity contribution is 6.35. The number of nitrogens with one attached hydrogen (secondary N) is 2. The number of hydrogen-bond donors (Lipinski definition) is 2. The number of ether oxygens (including phenoxy) is 1. The van der Waals surface area contributed by atoms with Crippen LogP contribution in [0.4, 0.5) is 4.79 Å². The summed E-state index contributed by atoms with van der Waals surface area (Å²) in [5.41, 5.74) is 1.24. The van der Waals surface area contributed by atoms with Gasteiger partial charge in [0.25, 0.3) is 11.8 Å². The molecule has 3 rings (SSSR count). The second kappa shape index (κ2) is 7.74. The molecule has 1 aliphatic carbocycles. The topological polar surface area (TPSA) is 105 Å². The molecule has 27 heavy (non-hydrogen) atoms. The largest absolute Gasteiger partial charge is 0.452 e. The third kappa shape index (κ3) is 4.01. The van der Waals surface area contributed by atoms with Crippen molar-refractivity contribution in [2.45, 2.75) is 37.6 Å². The zero-order valence-electron chi connectivity index (χ0n) is 14.2. The predicted molar refractivity (Wildman–Crippen MR) is 96.1 cm³/mol. The van der Waals surface area contributed by atoms with Gasteiger partial charge in [0.05, 0.1) is 10.6 Å². The fraction of sp³-hybridized carbons (Fsp3) is 0.412. The number of hydrogen-bond acceptors (Lipinski definition) is 5. The molecule has 1 heterocycles. The highest BCUT2D eigenvalue weighted by Gasteiger charge is 2.52. The van der Waals surface area contributed by atoms with Crippen molar-refractivity contribution in [3.05, 3.63) is 33.8 Å². The molecule has 1 aromatic rings. The van der Waals surface area contributed by atoms with Gasteiger partial charge in [-0.3, -0.25) is 15.0 Å². The molecule has 10 heteroatoms. The van der Waals surface area contributed by atoms with Gasteiger partial charge in [0.1, 0.15) is 5.54 Å². The normalized spacial score (nSPS) is 18.4. The molecule has 1 spiro atoms. The van der Waals surface area contributed by atoms with Crippen LogP contribution in [0.5, 0.6) is 0 Å². The fourth-order valence-electron chi connectivity index (χ4n) is 3.24. The number of nitrogens with zero attached hydrogens (tertiary/aromatic N) is 1. The Morgan fingerprint density at radius 3 is 2.59 bits per heavy atom. The first-order valence-corrected chi connectivity index (χ1v) is 9.16. The van der Waals surface area contributed by atoms with E-state index in [1.165, 1.54) is 18.2 Å². The molecule has 0 atom stereocenters. The molecule has 2 N–H and O–H groups in total. The first kappa shape index (κ1) is 19.4. The average Bonchev–Trinajstić information content (AvgIpc) is 2.86. The summed E-state index contributed by atoms with van der Waals surface area (Å²) in [6, 6.07) is 3.55. The quantitative estimate of drug-likeness (QED) is 0.582. The zero-order valence-corrected chi connectivity index (χ0v) is 15.7. The van der Waals surface area contributed by atoms with Gasteiger partial charge in [-0.05, 0) is 31.0 Å². The van der Waals surface area contributed by atoms with E-state index in [0.717, 1.165) is 19.3 Å². The fourth-order valence-corrected chi connectivity index (χ4v) is 3.60. The van der Waals surface area contributed by atoms with Crippen molar-refractivity contribution in [1.82, 2.24) is 15.8 Å². The highest BCUT2D eigenvalue weighted by atomic mass is 35.5. The molecule has 1 saturated heterocycles. The first-order valence-electron chi connectivity index (χ1n) is 8.41. The Hall–Kier alpha value is -2.32. The molecule has 144 valence electrons. The van der Waals surface area contributed by atoms with E-state index in [2.05, 4.69) is 10.7 Å². The van der Waals surface area contributed by atoms with Crippen LogP contribution in [0.1, 0.15) is 42.5 Å². The number of amides is 4.